The highest BCUT2D eigenvalue weighted by atomic mass is 35.5. The van der Waals surface area contributed by atoms with Crippen molar-refractivity contribution in [2.45, 2.75) is 31.7 Å². The lowest BCUT2D eigenvalue weighted by Crippen LogP contribution is -2.39. The van der Waals surface area contributed by atoms with Gasteiger partial charge in [-0.25, -0.2) is 13.4 Å². The number of aromatic nitrogens is 1. The summed E-state index contributed by atoms with van der Waals surface area (Å²) in [5, 5.41) is 0.589. The Balaban J connectivity index is 0.00000442. The molecule has 236 valence electrons. The van der Waals surface area contributed by atoms with E-state index >= 15 is 0 Å². The third-order valence-corrected chi connectivity index (χ3v) is 10.4. The first-order valence-electron chi connectivity index (χ1n) is 14.7. The van der Waals surface area contributed by atoms with E-state index in [1.54, 1.807) is 17.0 Å². The molecule has 3 aromatic carbocycles. The molecular formula is C32H39ClN4O5S2. The standard InChI is InChI=1S/C32H38N4O5S2.ClH/c1-3-35(24-25-10-6-5-7-11-25)43(38,39)27-16-14-26(15-17-27)31(37)36(19-9-18-34-20-22-40-23-21-34)32-33-30-28(41-4-2)12-8-13-29(30)42-32;/h5-8,10-17H,3-4,9,18-24H2,1-2H3;1H. The van der Waals surface area contributed by atoms with E-state index in [4.69, 9.17) is 14.5 Å². The van der Waals surface area contributed by atoms with Gasteiger partial charge in [0.2, 0.25) is 10.0 Å². The number of ether oxygens (including phenoxy) is 2. The summed E-state index contributed by atoms with van der Waals surface area (Å²) in [5.41, 5.74) is 2.05. The summed E-state index contributed by atoms with van der Waals surface area (Å²) in [4.78, 5) is 23.0. The zero-order valence-electron chi connectivity index (χ0n) is 25.1. The lowest BCUT2D eigenvalue weighted by atomic mass is 10.2. The summed E-state index contributed by atoms with van der Waals surface area (Å²) in [7, 11) is -3.75. The molecule has 12 heteroatoms. The molecule has 0 spiro atoms. The molecule has 4 aromatic rings. The molecule has 1 aliphatic rings. The number of benzene rings is 3. The molecule has 9 nitrogen and oxygen atoms in total. The van der Waals surface area contributed by atoms with Crippen molar-refractivity contribution in [1.82, 2.24) is 14.2 Å². The molecule has 1 aliphatic heterocycles. The van der Waals surface area contributed by atoms with E-state index in [1.165, 1.54) is 27.8 Å². The Kier molecular flexibility index (Phi) is 12.1. The Morgan fingerprint density at radius 3 is 2.41 bits per heavy atom. The number of anilines is 1. The van der Waals surface area contributed by atoms with E-state index in [0.29, 0.717) is 36.1 Å². The lowest BCUT2D eigenvalue weighted by Gasteiger charge is -2.27. The van der Waals surface area contributed by atoms with Gasteiger partial charge in [0.05, 0.1) is 29.4 Å². The first kappa shape index (κ1) is 33.8. The Labute approximate surface area is 269 Å². The quantitative estimate of drug-likeness (QED) is 0.182. The number of amides is 1. The van der Waals surface area contributed by atoms with Gasteiger partial charge in [-0.15, -0.1) is 12.4 Å². The number of fused-ring (bicyclic) bond motifs is 1. The second-order valence-corrected chi connectivity index (χ2v) is 13.2. The average molecular weight is 659 g/mol. The zero-order chi connectivity index (χ0) is 30.2. The van der Waals surface area contributed by atoms with Gasteiger partial charge in [-0.2, -0.15) is 4.31 Å². The van der Waals surface area contributed by atoms with Crippen LogP contribution in [-0.4, -0.2) is 81.1 Å². The molecule has 2 heterocycles. The molecule has 0 aliphatic carbocycles. The van der Waals surface area contributed by atoms with Crippen molar-refractivity contribution in [3.05, 3.63) is 83.9 Å². The maximum Gasteiger partial charge on any atom is 0.260 e. The fourth-order valence-electron chi connectivity index (χ4n) is 5.09. The fraction of sp³-hybridized carbons (Fsp3) is 0.375. The topological polar surface area (TPSA) is 92.3 Å². The van der Waals surface area contributed by atoms with Crippen LogP contribution in [0.15, 0.2) is 77.7 Å². The van der Waals surface area contributed by atoms with Gasteiger partial charge in [0.15, 0.2) is 5.13 Å². The number of carbonyl (C=O) groups excluding carboxylic acids is 1. The third kappa shape index (κ3) is 7.96. The second kappa shape index (κ2) is 15.8. The highest BCUT2D eigenvalue weighted by Gasteiger charge is 2.26. The summed E-state index contributed by atoms with van der Waals surface area (Å²) in [6.45, 7) is 9.38. The number of carbonyl (C=O) groups is 1. The maximum absolute atomic E-state index is 14.0. The highest BCUT2D eigenvalue weighted by Crippen LogP contribution is 2.35. The van der Waals surface area contributed by atoms with Crippen LogP contribution in [0.3, 0.4) is 0 Å². The van der Waals surface area contributed by atoms with Crippen LogP contribution in [0.5, 0.6) is 5.75 Å². The zero-order valence-corrected chi connectivity index (χ0v) is 27.5. The van der Waals surface area contributed by atoms with Crippen LogP contribution in [0.2, 0.25) is 0 Å². The minimum absolute atomic E-state index is 0. The van der Waals surface area contributed by atoms with Crippen LogP contribution in [0.4, 0.5) is 5.13 Å². The number of nitrogens with zero attached hydrogens (tertiary/aromatic N) is 4. The van der Waals surface area contributed by atoms with E-state index in [-0.39, 0.29) is 29.8 Å². The molecule has 5 rings (SSSR count). The second-order valence-electron chi connectivity index (χ2n) is 10.2. The van der Waals surface area contributed by atoms with Crippen molar-refractivity contribution in [3.8, 4) is 5.75 Å². The molecule has 44 heavy (non-hydrogen) atoms. The summed E-state index contributed by atoms with van der Waals surface area (Å²) in [6.07, 6.45) is 0.761. The van der Waals surface area contributed by atoms with Crippen molar-refractivity contribution in [3.63, 3.8) is 0 Å². The van der Waals surface area contributed by atoms with Crippen LogP contribution in [0.25, 0.3) is 10.2 Å². The van der Waals surface area contributed by atoms with Crippen molar-refractivity contribution < 1.29 is 22.7 Å². The van der Waals surface area contributed by atoms with Crippen LogP contribution in [0.1, 0.15) is 36.2 Å². The fourth-order valence-corrected chi connectivity index (χ4v) is 7.53. The molecular weight excluding hydrogens is 620 g/mol. The van der Waals surface area contributed by atoms with Crippen molar-refractivity contribution in [1.29, 1.82) is 0 Å². The maximum atomic E-state index is 14.0. The predicted molar refractivity (Wildman–Crippen MR) is 178 cm³/mol. The number of hydrogen-bond donors (Lipinski definition) is 0. The van der Waals surface area contributed by atoms with Gasteiger partial charge in [0.25, 0.3) is 5.91 Å². The molecule has 1 fully saturated rings. The van der Waals surface area contributed by atoms with Crippen LogP contribution >= 0.6 is 23.7 Å². The van der Waals surface area contributed by atoms with Crippen molar-refractivity contribution >= 4 is 55.0 Å². The van der Waals surface area contributed by atoms with Crippen LogP contribution < -0.4 is 9.64 Å². The molecule has 0 atom stereocenters. The molecule has 0 N–H and O–H groups in total. The van der Waals surface area contributed by atoms with Crippen LogP contribution in [-0.2, 0) is 21.3 Å². The van der Waals surface area contributed by atoms with Gasteiger partial charge in [-0.05, 0) is 55.3 Å². The Hall–Kier alpha value is -3.06. The average Bonchev–Trinajstić information content (AvgIpc) is 3.48. The Morgan fingerprint density at radius 2 is 1.73 bits per heavy atom. The summed E-state index contributed by atoms with van der Waals surface area (Å²) < 4.78 is 40.6. The largest absolute Gasteiger partial charge is 0.492 e. The first-order chi connectivity index (χ1) is 20.9. The minimum Gasteiger partial charge on any atom is -0.492 e. The van der Waals surface area contributed by atoms with Gasteiger partial charge in [-0.1, -0.05) is 54.7 Å². The highest BCUT2D eigenvalue weighted by molar-refractivity contribution is 7.89. The summed E-state index contributed by atoms with van der Waals surface area (Å²) >= 11 is 1.45. The molecule has 1 aromatic heterocycles. The third-order valence-electron chi connectivity index (χ3n) is 7.40. The number of rotatable bonds is 13. The van der Waals surface area contributed by atoms with E-state index in [9.17, 15) is 13.2 Å². The van der Waals surface area contributed by atoms with E-state index in [2.05, 4.69) is 4.90 Å². The Morgan fingerprint density at radius 1 is 1.00 bits per heavy atom. The monoisotopic (exact) mass is 658 g/mol. The van der Waals surface area contributed by atoms with Crippen molar-refractivity contribution in [2.75, 3.05) is 57.4 Å². The molecule has 0 saturated carbocycles. The number of hydrogen-bond acceptors (Lipinski definition) is 8. The lowest BCUT2D eigenvalue weighted by molar-refractivity contribution is 0.0376. The molecule has 0 radical (unpaired) electrons. The van der Waals surface area contributed by atoms with Gasteiger partial charge in [-0.3, -0.25) is 14.6 Å². The normalized spacial score (nSPS) is 14.0. The van der Waals surface area contributed by atoms with E-state index in [0.717, 1.165) is 55.0 Å². The van der Waals surface area contributed by atoms with Gasteiger partial charge in [0, 0.05) is 44.8 Å². The number of halogens is 1. The van der Waals surface area contributed by atoms with E-state index < -0.39 is 10.0 Å². The summed E-state index contributed by atoms with van der Waals surface area (Å²) in [6, 6.07) is 21.5. The number of thiazole rings is 1. The number of morpholine rings is 1. The SMILES string of the molecule is CCOc1cccc2sc(N(CCCN3CCOCC3)C(=O)c3ccc(S(=O)(=O)N(CC)Cc4ccccc4)cc3)nc12.Cl. The van der Waals surface area contributed by atoms with Gasteiger partial charge < -0.3 is 9.47 Å². The van der Waals surface area contributed by atoms with E-state index in [1.807, 2.05) is 62.4 Å². The van der Waals surface area contributed by atoms with Gasteiger partial charge in [0.1, 0.15) is 11.3 Å². The molecule has 0 unspecified atom stereocenters. The predicted octanol–water partition coefficient (Wildman–Crippen LogP) is 5.70. The molecule has 0 bridgehead atoms. The summed E-state index contributed by atoms with van der Waals surface area (Å²) in [5.74, 6) is 0.466. The number of para-hydroxylation sites is 1. The molecule has 1 amide bonds. The molecule has 1 saturated heterocycles. The number of sulfonamides is 1. The van der Waals surface area contributed by atoms with Crippen molar-refractivity contribution in [2.24, 2.45) is 0 Å². The smallest absolute Gasteiger partial charge is 0.260 e. The van der Waals surface area contributed by atoms with Gasteiger partial charge >= 0.3 is 0 Å². The minimum atomic E-state index is -3.75. The van der Waals surface area contributed by atoms with Crippen LogP contribution in [0, 0.1) is 0 Å². The first-order valence-corrected chi connectivity index (χ1v) is 16.9. The Bertz CT molecular complexity index is 1610.